The summed E-state index contributed by atoms with van der Waals surface area (Å²) in [6.45, 7) is 1.28. The SMILES string of the molecule is C[NH+](C)CCOC(=O)/C=C/c1ccccc1.[Cl-]. The number of likely N-dealkylation sites (N-methyl/N-ethyl adjacent to an activating group) is 1. The van der Waals surface area contributed by atoms with Gasteiger partial charge in [0.05, 0.1) is 14.1 Å². The minimum atomic E-state index is -0.287. The Morgan fingerprint density at radius 2 is 1.94 bits per heavy atom. The van der Waals surface area contributed by atoms with Crippen LogP contribution < -0.4 is 17.3 Å². The Bertz CT molecular complexity index is 350. The van der Waals surface area contributed by atoms with E-state index >= 15 is 0 Å². The average molecular weight is 256 g/mol. The number of esters is 1. The monoisotopic (exact) mass is 255 g/mol. The van der Waals surface area contributed by atoms with E-state index in [0.717, 1.165) is 12.1 Å². The van der Waals surface area contributed by atoms with Crippen molar-refractivity contribution in [3.63, 3.8) is 0 Å². The normalized spacial score (nSPS) is 10.3. The molecule has 94 valence electrons. The van der Waals surface area contributed by atoms with Gasteiger partial charge >= 0.3 is 5.97 Å². The Morgan fingerprint density at radius 1 is 1.29 bits per heavy atom. The van der Waals surface area contributed by atoms with Crippen LogP contribution >= 0.6 is 0 Å². The summed E-state index contributed by atoms with van der Waals surface area (Å²) >= 11 is 0. The minimum absolute atomic E-state index is 0. The van der Waals surface area contributed by atoms with Gasteiger partial charge in [-0.3, -0.25) is 0 Å². The van der Waals surface area contributed by atoms with Crippen molar-refractivity contribution in [2.24, 2.45) is 0 Å². The molecule has 0 radical (unpaired) electrons. The van der Waals surface area contributed by atoms with Crippen LogP contribution in [0.1, 0.15) is 5.56 Å². The van der Waals surface area contributed by atoms with Gasteiger partial charge < -0.3 is 22.0 Å². The quantitative estimate of drug-likeness (QED) is 0.462. The molecule has 0 heterocycles. The van der Waals surface area contributed by atoms with Crippen molar-refractivity contribution in [2.75, 3.05) is 27.2 Å². The number of hydrogen-bond donors (Lipinski definition) is 1. The first-order chi connectivity index (χ1) is 7.68. The molecule has 0 unspecified atom stereocenters. The van der Waals surface area contributed by atoms with Crippen molar-refractivity contribution in [3.05, 3.63) is 42.0 Å². The number of ether oxygens (including phenoxy) is 1. The maximum atomic E-state index is 11.3. The number of benzene rings is 1. The Morgan fingerprint density at radius 3 is 2.53 bits per heavy atom. The molecule has 3 nitrogen and oxygen atoms in total. The molecule has 0 aliphatic rings. The summed E-state index contributed by atoms with van der Waals surface area (Å²) in [5, 5.41) is 0. The van der Waals surface area contributed by atoms with Crippen molar-refractivity contribution in [1.82, 2.24) is 0 Å². The number of halogens is 1. The number of rotatable bonds is 5. The fourth-order valence-corrected chi connectivity index (χ4v) is 1.13. The standard InChI is InChI=1S/C13H17NO2.ClH/c1-14(2)10-11-16-13(15)9-8-12-6-4-3-5-7-12;/h3-9H,10-11H2,1-2H3;1H/b9-8+;. The fraction of sp³-hybridized carbons (Fsp3) is 0.308. The summed E-state index contributed by atoms with van der Waals surface area (Å²) in [4.78, 5) is 12.5. The molecular weight excluding hydrogens is 238 g/mol. The molecule has 0 aliphatic carbocycles. The molecule has 0 aromatic heterocycles. The second-order valence-corrected chi connectivity index (χ2v) is 3.87. The molecule has 1 aromatic carbocycles. The van der Waals surface area contributed by atoms with E-state index in [1.165, 1.54) is 11.0 Å². The maximum Gasteiger partial charge on any atom is 0.330 e. The first-order valence-electron chi connectivity index (χ1n) is 5.37. The van der Waals surface area contributed by atoms with E-state index in [-0.39, 0.29) is 18.4 Å². The molecule has 0 saturated heterocycles. The number of hydrogen-bond acceptors (Lipinski definition) is 2. The number of carbonyl (C=O) groups is 1. The molecule has 1 rings (SSSR count). The summed E-state index contributed by atoms with van der Waals surface area (Å²) < 4.78 is 5.03. The van der Waals surface area contributed by atoms with Gasteiger partial charge in [0.1, 0.15) is 13.2 Å². The van der Waals surface area contributed by atoms with Crippen LogP contribution in [0.2, 0.25) is 0 Å². The summed E-state index contributed by atoms with van der Waals surface area (Å²) in [7, 11) is 4.04. The summed E-state index contributed by atoms with van der Waals surface area (Å²) in [6.07, 6.45) is 3.21. The molecule has 0 saturated carbocycles. The van der Waals surface area contributed by atoms with Crippen LogP contribution in [-0.2, 0) is 9.53 Å². The summed E-state index contributed by atoms with van der Waals surface area (Å²) in [5.74, 6) is -0.287. The second-order valence-electron chi connectivity index (χ2n) is 3.87. The van der Waals surface area contributed by atoms with E-state index in [2.05, 4.69) is 0 Å². The predicted octanol–water partition coefficient (Wildman–Crippen LogP) is -2.61. The zero-order valence-electron chi connectivity index (χ0n) is 10.2. The van der Waals surface area contributed by atoms with Crippen LogP contribution in [0.5, 0.6) is 0 Å². The lowest BCUT2D eigenvalue weighted by Crippen LogP contribution is -3.06. The first-order valence-corrected chi connectivity index (χ1v) is 5.37. The lowest BCUT2D eigenvalue weighted by atomic mass is 10.2. The number of nitrogens with one attached hydrogen (secondary N) is 1. The summed E-state index contributed by atoms with van der Waals surface area (Å²) in [6, 6.07) is 9.68. The van der Waals surface area contributed by atoms with Crippen LogP contribution in [0.15, 0.2) is 36.4 Å². The average Bonchev–Trinajstić information content (AvgIpc) is 2.27. The smallest absolute Gasteiger partial charge is 0.330 e. The highest BCUT2D eigenvalue weighted by molar-refractivity contribution is 5.86. The third-order valence-electron chi connectivity index (χ3n) is 2.06. The van der Waals surface area contributed by atoms with E-state index in [0.29, 0.717) is 6.61 Å². The Kier molecular flexibility index (Phi) is 8.11. The molecule has 0 atom stereocenters. The molecule has 0 spiro atoms. The fourth-order valence-electron chi connectivity index (χ4n) is 1.13. The van der Waals surface area contributed by atoms with E-state index in [1.54, 1.807) is 6.08 Å². The highest BCUT2D eigenvalue weighted by Crippen LogP contribution is 2.00. The third-order valence-corrected chi connectivity index (χ3v) is 2.06. The molecule has 0 aliphatic heterocycles. The zero-order valence-corrected chi connectivity index (χ0v) is 10.9. The van der Waals surface area contributed by atoms with E-state index in [1.807, 2.05) is 44.4 Å². The van der Waals surface area contributed by atoms with Gasteiger partial charge in [-0.25, -0.2) is 4.79 Å². The zero-order chi connectivity index (χ0) is 11.8. The molecule has 0 fully saturated rings. The minimum Gasteiger partial charge on any atom is -1.00 e. The van der Waals surface area contributed by atoms with Crippen molar-refractivity contribution in [1.29, 1.82) is 0 Å². The molecule has 17 heavy (non-hydrogen) atoms. The number of quaternary nitrogens is 1. The van der Waals surface area contributed by atoms with Gasteiger partial charge in [-0.2, -0.15) is 0 Å². The second kappa shape index (κ2) is 8.79. The maximum absolute atomic E-state index is 11.3. The van der Waals surface area contributed by atoms with E-state index in [4.69, 9.17) is 4.74 Å². The van der Waals surface area contributed by atoms with Gasteiger partial charge in [0.25, 0.3) is 0 Å². The predicted molar refractivity (Wildman–Crippen MR) is 64.1 cm³/mol. The number of carbonyl (C=O) groups excluding carboxylic acids is 1. The van der Waals surface area contributed by atoms with Gasteiger partial charge in [0.2, 0.25) is 0 Å². The van der Waals surface area contributed by atoms with Crippen molar-refractivity contribution in [2.45, 2.75) is 0 Å². The van der Waals surface area contributed by atoms with E-state index < -0.39 is 0 Å². The van der Waals surface area contributed by atoms with Crippen molar-refractivity contribution < 1.29 is 26.8 Å². The van der Waals surface area contributed by atoms with Gasteiger partial charge in [0.15, 0.2) is 0 Å². The highest BCUT2D eigenvalue weighted by atomic mass is 35.5. The lowest BCUT2D eigenvalue weighted by molar-refractivity contribution is -0.858. The Balaban J connectivity index is 0.00000256. The van der Waals surface area contributed by atoms with Gasteiger partial charge in [-0.15, -0.1) is 0 Å². The molecule has 0 bridgehead atoms. The van der Waals surface area contributed by atoms with Gasteiger partial charge in [-0.05, 0) is 11.6 Å². The van der Waals surface area contributed by atoms with Gasteiger partial charge in [0, 0.05) is 6.08 Å². The van der Waals surface area contributed by atoms with Crippen LogP contribution in [0, 0.1) is 0 Å². The van der Waals surface area contributed by atoms with Crippen LogP contribution in [0.3, 0.4) is 0 Å². The van der Waals surface area contributed by atoms with Crippen LogP contribution in [0.25, 0.3) is 6.08 Å². The Hall–Kier alpha value is -1.32. The van der Waals surface area contributed by atoms with Crippen molar-refractivity contribution >= 4 is 12.0 Å². The molecule has 1 N–H and O–H groups in total. The van der Waals surface area contributed by atoms with Crippen LogP contribution in [-0.4, -0.2) is 33.2 Å². The lowest BCUT2D eigenvalue weighted by Gasteiger charge is -2.06. The molecule has 4 heteroatoms. The first kappa shape index (κ1) is 15.7. The topological polar surface area (TPSA) is 30.7 Å². The Labute approximate surface area is 108 Å². The van der Waals surface area contributed by atoms with Crippen LogP contribution in [0.4, 0.5) is 0 Å². The van der Waals surface area contributed by atoms with Gasteiger partial charge in [-0.1, -0.05) is 30.3 Å². The third kappa shape index (κ3) is 7.55. The van der Waals surface area contributed by atoms with E-state index in [9.17, 15) is 4.79 Å². The highest BCUT2D eigenvalue weighted by Gasteiger charge is 1.98. The molecule has 0 amide bonds. The summed E-state index contributed by atoms with van der Waals surface area (Å²) in [5.41, 5.74) is 0.998. The van der Waals surface area contributed by atoms with Crippen molar-refractivity contribution in [3.8, 4) is 0 Å². The molecular formula is C13H18ClNO2. The largest absolute Gasteiger partial charge is 1.00 e. The molecule has 1 aromatic rings.